The normalized spacial score (nSPS) is 12.4. The van der Waals surface area contributed by atoms with E-state index in [-0.39, 0.29) is 5.92 Å². The molecule has 3 nitrogen and oxygen atoms in total. The van der Waals surface area contributed by atoms with Gasteiger partial charge in [-0.1, -0.05) is 0 Å². The molecule has 1 N–H and O–H groups in total. The minimum absolute atomic E-state index is 0.121. The molecule has 3 heteroatoms. The van der Waals surface area contributed by atoms with E-state index in [1.807, 2.05) is 20.0 Å². The van der Waals surface area contributed by atoms with Crippen LogP contribution in [0.1, 0.15) is 24.9 Å². The van der Waals surface area contributed by atoms with Gasteiger partial charge in [0.1, 0.15) is 5.82 Å². The zero-order valence-electron chi connectivity index (χ0n) is 7.46. The van der Waals surface area contributed by atoms with Gasteiger partial charge in [0.05, 0.1) is 6.07 Å². The van der Waals surface area contributed by atoms with Crippen LogP contribution in [0.5, 0.6) is 0 Å². The van der Waals surface area contributed by atoms with Gasteiger partial charge in [0.2, 0.25) is 0 Å². The lowest BCUT2D eigenvalue weighted by Crippen LogP contribution is -1.95. The molecule has 64 valence electrons. The minimum atomic E-state index is 0.121. The number of nitrogens with zero attached hydrogens (tertiary/aromatic N) is 2. The average Bonchev–Trinajstić information content (AvgIpc) is 2.47. The number of rotatable bonds is 3. The second-order valence-corrected chi connectivity index (χ2v) is 3.08. The highest BCUT2D eigenvalue weighted by atomic mass is 14.9. The van der Waals surface area contributed by atoms with E-state index in [1.165, 1.54) is 0 Å². The van der Waals surface area contributed by atoms with Crippen molar-refractivity contribution in [1.82, 2.24) is 9.97 Å². The Morgan fingerprint density at radius 2 is 2.50 bits per heavy atom. The summed E-state index contributed by atoms with van der Waals surface area (Å²) in [6, 6.07) is 2.20. The third kappa shape index (κ3) is 2.39. The van der Waals surface area contributed by atoms with Crippen LogP contribution >= 0.6 is 0 Å². The summed E-state index contributed by atoms with van der Waals surface area (Å²) in [5, 5.41) is 8.54. The lowest BCUT2D eigenvalue weighted by Gasteiger charge is -1.98. The molecule has 1 heterocycles. The molecule has 0 radical (unpaired) electrons. The van der Waals surface area contributed by atoms with Gasteiger partial charge in [-0.05, 0) is 20.3 Å². The maximum Gasteiger partial charge on any atom is 0.106 e. The number of hydrogen-bond donors (Lipinski definition) is 1. The van der Waals surface area contributed by atoms with E-state index in [4.69, 9.17) is 5.26 Å². The monoisotopic (exact) mass is 163 g/mol. The first-order valence-electron chi connectivity index (χ1n) is 4.12. The van der Waals surface area contributed by atoms with E-state index in [9.17, 15) is 0 Å². The largest absolute Gasteiger partial charge is 0.346 e. The molecule has 0 aliphatic rings. The summed E-state index contributed by atoms with van der Waals surface area (Å²) in [4.78, 5) is 7.29. The molecule has 0 aliphatic heterocycles. The number of nitrogens with one attached hydrogen (secondary N) is 1. The van der Waals surface area contributed by atoms with Gasteiger partial charge in [0, 0.05) is 24.2 Å². The predicted octanol–water partition coefficient (Wildman–Crippen LogP) is 1.81. The smallest absolute Gasteiger partial charge is 0.106 e. The first-order chi connectivity index (χ1) is 5.72. The van der Waals surface area contributed by atoms with Crippen molar-refractivity contribution >= 4 is 0 Å². The van der Waals surface area contributed by atoms with Crippen LogP contribution in [0.4, 0.5) is 0 Å². The molecule has 1 rings (SSSR count). The second-order valence-electron chi connectivity index (χ2n) is 3.08. The first kappa shape index (κ1) is 8.79. The Balaban J connectivity index is 2.39. The SMILES string of the molecule is Cc1cnc(CCC(C)C#N)[nH]1. The van der Waals surface area contributed by atoms with Crippen LogP contribution < -0.4 is 0 Å². The van der Waals surface area contributed by atoms with Crippen LogP contribution in [0.25, 0.3) is 0 Å². The van der Waals surface area contributed by atoms with E-state index >= 15 is 0 Å². The van der Waals surface area contributed by atoms with Crippen molar-refractivity contribution in [2.75, 3.05) is 0 Å². The molecule has 0 saturated heterocycles. The van der Waals surface area contributed by atoms with Crippen LogP contribution in [-0.4, -0.2) is 9.97 Å². The molecule has 1 atom stereocenters. The Labute approximate surface area is 72.4 Å². The maximum absolute atomic E-state index is 8.54. The van der Waals surface area contributed by atoms with Crippen molar-refractivity contribution < 1.29 is 0 Å². The zero-order valence-corrected chi connectivity index (χ0v) is 7.46. The van der Waals surface area contributed by atoms with Gasteiger partial charge in [0.15, 0.2) is 0 Å². The lowest BCUT2D eigenvalue weighted by molar-refractivity contribution is 0.645. The third-order valence-electron chi connectivity index (χ3n) is 1.79. The van der Waals surface area contributed by atoms with E-state index in [0.29, 0.717) is 0 Å². The lowest BCUT2D eigenvalue weighted by atomic mass is 10.1. The fourth-order valence-electron chi connectivity index (χ4n) is 1.01. The second kappa shape index (κ2) is 3.91. The predicted molar refractivity (Wildman–Crippen MR) is 46.4 cm³/mol. The fraction of sp³-hybridized carbons (Fsp3) is 0.556. The third-order valence-corrected chi connectivity index (χ3v) is 1.79. The Kier molecular flexibility index (Phi) is 2.87. The summed E-state index contributed by atoms with van der Waals surface area (Å²) in [6.45, 7) is 3.90. The van der Waals surface area contributed by atoms with Crippen LogP contribution in [0.15, 0.2) is 6.20 Å². The summed E-state index contributed by atoms with van der Waals surface area (Å²) in [7, 11) is 0. The topological polar surface area (TPSA) is 52.5 Å². The molecular weight excluding hydrogens is 150 g/mol. The van der Waals surface area contributed by atoms with Gasteiger partial charge in [-0.15, -0.1) is 0 Å². The summed E-state index contributed by atoms with van der Waals surface area (Å²) >= 11 is 0. The average molecular weight is 163 g/mol. The Hall–Kier alpha value is -1.30. The quantitative estimate of drug-likeness (QED) is 0.738. The van der Waals surface area contributed by atoms with E-state index < -0.39 is 0 Å². The van der Waals surface area contributed by atoms with Crippen molar-refractivity contribution in [1.29, 1.82) is 5.26 Å². The van der Waals surface area contributed by atoms with Crippen LogP contribution in [0.2, 0.25) is 0 Å². The molecule has 0 aliphatic carbocycles. The van der Waals surface area contributed by atoms with Gasteiger partial charge < -0.3 is 4.98 Å². The zero-order chi connectivity index (χ0) is 8.97. The molecule has 0 amide bonds. The van der Waals surface area contributed by atoms with Gasteiger partial charge in [0.25, 0.3) is 0 Å². The molecule has 0 fully saturated rings. The molecule has 1 aromatic rings. The van der Waals surface area contributed by atoms with Crippen molar-refractivity contribution in [3.8, 4) is 6.07 Å². The summed E-state index contributed by atoms with van der Waals surface area (Å²) < 4.78 is 0. The van der Waals surface area contributed by atoms with Crippen LogP contribution in [0, 0.1) is 24.2 Å². The Bertz CT molecular complexity index is 282. The molecule has 0 spiro atoms. The molecule has 0 bridgehead atoms. The van der Waals surface area contributed by atoms with Crippen LogP contribution in [-0.2, 0) is 6.42 Å². The highest BCUT2D eigenvalue weighted by Crippen LogP contribution is 2.05. The molecular formula is C9H13N3. The number of aryl methyl sites for hydroxylation is 2. The van der Waals surface area contributed by atoms with Crippen molar-refractivity contribution in [3.63, 3.8) is 0 Å². The van der Waals surface area contributed by atoms with Gasteiger partial charge in [-0.2, -0.15) is 5.26 Å². The first-order valence-corrected chi connectivity index (χ1v) is 4.12. The van der Waals surface area contributed by atoms with E-state index in [0.717, 1.165) is 24.4 Å². The van der Waals surface area contributed by atoms with Crippen molar-refractivity contribution in [2.45, 2.75) is 26.7 Å². The highest BCUT2D eigenvalue weighted by Gasteiger charge is 2.02. The van der Waals surface area contributed by atoms with Crippen molar-refractivity contribution in [3.05, 3.63) is 17.7 Å². The number of aromatic amines is 1. The highest BCUT2D eigenvalue weighted by molar-refractivity contribution is 4.98. The van der Waals surface area contributed by atoms with Gasteiger partial charge in [-0.25, -0.2) is 4.98 Å². The molecule has 0 saturated carbocycles. The van der Waals surface area contributed by atoms with Crippen LogP contribution in [0.3, 0.4) is 0 Å². The molecule has 12 heavy (non-hydrogen) atoms. The van der Waals surface area contributed by atoms with E-state index in [2.05, 4.69) is 16.0 Å². The number of nitriles is 1. The Morgan fingerprint density at radius 1 is 1.75 bits per heavy atom. The number of imidazole rings is 1. The molecule has 0 aromatic carbocycles. The number of aromatic nitrogens is 2. The summed E-state index contributed by atoms with van der Waals surface area (Å²) in [5.74, 6) is 1.10. The summed E-state index contributed by atoms with van der Waals surface area (Å²) in [6.07, 6.45) is 3.55. The fourth-order valence-corrected chi connectivity index (χ4v) is 1.01. The van der Waals surface area contributed by atoms with Gasteiger partial charge >= 0.3 is 0 Å². The number of H-pyrrole nitrogens is 1. The van der Waals surface area contributed by atoms with Crippen molar-refractivity contribution in [2.24, 2.45) is 5.92 Å². The molecule has 1 unspecified atom stereocenters. The molecule has 1 aromatic heterocycles. The maximum atomic E-state index is 8.54. The van der Waals surface area contributed by atoms with Gasteiger partial charge in [-0.3, -0.25) is 0 Å². The minimum Gasteiger partial charge on any atom is -0.346 e. The summed E-state index contributed by atoms with van der Waals surface area (Å²) in [5.41, 5.74) is 1.08. The standard InChI is InChI=1S/C9H13N3/c1-7(5-10)3-4-9-11-6-8(2)12-9/h6-7H,3-4H2,1-2H3,(H,11,12). The number of hydrogen-bond acceptors (Lipinski definition) is 2. The Morgan fingerprint density at radius 3 is 3.00 bits per heavy atom. The van der Waals surface area contributed by atoms with E-state index in [1.54, 1.807) is 0 Å².